The van der Waals surface area contributed by atoms with Gasteiger partial charge >= 0.3 is 0 Å². The summed E-state index contributed by atoms with van der Waals surface area (Å²) in [5, 5.41) is 0. The van der Waals surface area contributed by atoms with Crippen LogP contribution in [0.5, 0.6) is 5.75 Å². The maximum Gasteiger partial charge on any atom is 0.233 e. The number of ether oxygens (including phenoxy) is 1. The lowest BCUT2D eigenvalue weighted by Crippen LogP contribution is -2.40. The summed E-state index contributed by atoms with van der Waals surface area (Å²) in [7, 11) is 1.60. The first-order valence-electron chi connectivity index (χ1n) is 8.56. The summed E-state index contributed by atoms with van der Waals surface area (Å²) in [6, 6.07) is 7.42. The summed E-state index contributed by atoms with van der Waals surface area (Å²) in [5.74, 6) is 0.720. The van der Waals surface area contributed by atoms with Crippen molar-refractivity contribution >= 4 is 17.6 Å². The van der Waals surface area contributed by atoms with E-state index in [1.165, 1.54) is 4.90 Å². The molecule has 5 heteroatoms. The van der Waals surface area contributed by atoms with Crippen LogP contribution in [-0.2, 0) is 20.9 Å². The van der Waals surface area contributed by atoms with Gasteiger partial charge in [0.25, 0.3) is 0 Å². The van der Waals surface area contributed by atoms with Crippen molar-refractivity contribution in [1.82, 2.24) is 4.90 Å². The highest BCUT2D eigenvalue weighted by molar-refractivity contribution is 6.05. The summed E-state index contributed by atoms with van der Waals surface area (Å²) >= 11 is 0. The third-order valence-electron chi connectivity index (χ3n) is 5.81. The third-order valence-corrected chi connectivity index (χ3v) is 5.81. The Kier molecular flexibility index (Phi) is 3.66. The maximum absolute atomic E-state index is 12.9. The first kappa shape index (κ1) is 15.4. The van der Waals surface area contributed by atoms with E-state index in [2.05, 4.69) is 0 Å². The zero-order valence-electron chi connectivity index (χ0n) is 13.7. The topological polar surface area (TPSA) is 63.7 Å². The fraction of sp³-hybridized carbons (Fsp3) is 0.526. The van der Waals surface area contributed by atoms with Gasteiger partial charge in [0.05, 0.1) is 25.5 Å². The van der Waals surface area contributed by atoms with E-state index in [9.17, 15) is 14.4 Å². The van der Waals surface area contributed by atoms with E-state index in [0.717, 1.165) is 17.7 Å². The fourth-order valence-corrected chi connectivity index (χ4v) is 4.77. The van der Waals surface area contributed by atoms with Crippen LogP contribution in [0.1, 0.15) is 31.2 Å². The molecule has 1 aliphatic heterocycles. The van der Waals surface area contributed by atoms with Gasteiger partial charge in [0.1, 0.15) is 11.5 Å². The van der Waals surface area contributed by atoms with E-state index in [1.54, 1.807) is 7.11 Å². The number of hydrogen-bond acceptors (Lipinski definition) is 4. The van der Waals surface area contributed by atoms with Gasteiger partial charge in [-0.1, -0.05) is 12.1 Å². The molecular formula is C19H21NO4. The molecule has 0 aromatic heterocycles. The second kappa shape index (κ2) is 5.72. The summed E-state index contributed by atoms with van der Waals surface area (Å²) in [6.07, 6.45) is 2.66. The van der Waals surface area contributed by atoms with Gasteiger partial charge < -0.3 is 4.74 Å². The standard InChI is InChI=1S/C19H21NO4/c1-24-15-4-2-11(3-5-15)10-20-18(22)16-8-12-6-13(9-14(21)7-12)17(16)19(20)23/h2-5,12-13,16-17H,6-10H2,1H3/t12?,13?,16?,17-/m0/s1. The fourth-order valence-electron chi connectivity index (χ4n) is 4.77. The molecule has 1 heterocycles. The minimum Gasteiger partial charge on any atom is -0.497 e. The number of fused-ring (bicyclic) bond motifs is 4. The third kappa shape index (κ3) is 2.43. The van der Waals surface area contributed by atoms with Crippen molar-refractivity contribution in [3.63, 3.8) is 0 Å². The Hall–Kier alpha value is -2.17. The lowest BCUT2D eigenvalue weighted by atomic mass is 9.62. The molecular weight excluding hydrogens is 306 g/mol. The Morgan fingerprint density at radius 1 is 1.04 bits per heavy atom. The average molecular weight is 327 g/mol. The summed E-state index contributed by atoms with van der Waals surface area (Å²) < 4.78 is 5.14. The van der Waals surface area contributed by atoms with Gasteiger partial charge in [0, 0.05) is 12.8 Å². The number of carbonyl (C=O) groups excluding carboxylic acids is 3. The molecule has 4 rings (SSSR count). The van der Waals surface area contributed by atoms with Crippen LogP contribution in [0.3, 0.4) is 0 Å². The number of benzene rings is 1. The van der Waals surface area contributed by atoms with Crippen molar-refractivity contribution in [2.24, 2.45) is 23.7 Å². The van der Waals surface area contributed by atoms with Crippen LogP contribution in [0.25, 0.3) is 0 Å². The zero-order valence-corrected chi connectivity index (χ0v) is 13.7. The van der Waals surface area contributed by atoms with Crippen molar-refractivity contribution in [2.45, 2.75) is 32.2 Å². The predicted molar refractivity (Wildman–Crippen MR) is 86.0 cm³/mol. The molecule has 126 valence electrons. The van der Waals surface area contributed by atoms with E-state index in [0.29, 0.717) is 25.8 Å². The number of rotatable bonds is 3. The second-order valence-corrected chi connectivity index (χ2v) is 7.29. The van der Waals surface area contributed by atoms with Crippen molar-refractivity contribution < 1.29 is 19.1 Å². The molecule has 3 unspecified atom stereocenters. The van der Waals surface area contributed by atoms with Crippen molar-refractivity contribution in [1.29, 1.82) is 0 Å². The van der Waals surface area contributed by atoms with E-state index in [4.69, 9.17) is 4.74 Å². The van der Waals surface area contributed by atoms with Gasteiger partial charge in [-0.2, -0.15) is 0 Å². The molecule has 0 spiro atoms. The summed E-state index contributed by atoms with van der Waals surface area (Å²) in [6.45, 7) is 0.306. The molecule has 2 saturated carbocycles. The number of Topliss-reactive ketones (excluding diaryl/α,β-unsaturated/α-hetero) is 1. The Labute approximate surface area is 141 Å². The lowest BCUT2D eigenvalue weighted by Gasteiger charge is -2.39. The van der Waals surface area contributed by atoms with E-state index in [1.807, 2.05) is 24.3 Å². The van der Waals surface area contributed by atoms with Crippen LogP contribution in [0, 0.1) is 23.7 Å². The molecule has 4 atom stereocenters. The van der Waals surface area contributed by atoms with Gasteiger partial charge in [0.2, 0.25) is 11.8 Å². The number of hydrogen-bond donors (Lipinski definition) is 0. The molecule has 2 aliphatic carbocycles. The van der Waals surface area contributed by atoms with Gasteiger partial charge in [-0.3, -0.25) is 19.3 Å². The van der Waals surface area contributed by atoms with E-state index >= 15 is 0 Å². The van der Waals surface area contributed by atoms with E-state index < -0.39 is 0 Å². The zero-order chi connectivity index (χ0) is 16.8. The smallest absolute Gasteiger partial charge is 0.233 e. The SMILES string of the molecule is COc1ccc(CN2C(=O)C3CC4CC(=O)CC(C4)[C@@H]3C2=O)cc1. The molecule has 0 radical (unpaired) electrons. The molecule has 2 amide bonds. The Morgan fingerprint density at radius 3 is 2.50 bits per heavy atom. The van der Waals surface area contributed by atoms with Crippen LogP contribution in [0.4, 0.5) is 0 Å². The second-order valence-electron chi connectivity index (χ2n) is 7.29. The molecule has 24 heavy (non-hydrogen) atoms. The number of nitrogens with zero attached hydrogens (tertiary/aromatic N) is 1. The highest BCUT2D eigenvalue weighted by Crippen LogP contribution is 2.49. The minimum atomic E-state index is -0.281. The van der Waals surface area contributed by atoms with Crippen molar-refractivity contribution in [2.75, 3.05) is 7.11 Å². The molecule has 3 aliphatic rings. The van der Waals surface area contributed by atoms with Gasteiger partial charge in [-0.05, 0) is 42.4 Å². The van der Waals surface area contributed by atoms with Crippen LogP contribution < -0.4 is 4.74 Å². The molecule has 2 bridgehead atoms. The normalized spacial score (nSPS) is 32.0. The van der Waals surface area contributed by atoms with Crippen LogP contribution >= 0.6 is 0 Å². The largest absolute Gasteiger partial charge is 0.497 e. The number of amides is 2. The summed E-state index contributed by atoms with van der Waals surface area (Å²) in [4.78, 5) is 38.9. The minimum absolute atomic E-state index is 0.0510. The van der Waals surface area contributed by atoms with Crippen molar-refractivity contribution in [3.05, 3.63) is 29.8 Å². The number of carbonyl (C=O) groups is 3. The number of imide groups is 1. The lowest BCUT2D eigenvalue weighted by molar-refractivity contribution is -0.140. The first-order chi connectivity index (χ1) is 11.6. The van der Waals surface area contributed by atoms with Crippen LogP contribution in [0.15, 0.2) is 24.3 Å². The van der Waals surface area contributed by atoms with Crippen LogP contribution in [-0.4, -0.2) is 29.6 Å². The molecule has 1 aromatic carbocycles. The van der Waals surface area contributed by atoms with E-state index in [-0.39, 0.29) is 41.3 Å². The van der Waals surface area contributed by atoms with Crippen LogP contribution in [0.2, 0.25) is 0 Å². The highest BCUT2D eigenvalue weighted by atomic mass is 16.5. The Balaban J connectivity index is 1.56. The van der Waals surface area contributed by atoms with Gasteiger partial charge in [-0.25, -0.2) is 0 Å². The van der Waals surface area contributed by atoms with Gasteiger partial charge in [-0.15, -0.1) is 0 Å². The Bertz CT molecular complexity index is 696. The maximum atomic E-state index is 12.9. The monoisotopic (exact) mass is 327 g/mol. The Morgan fingerprint density at radius 2 is 1.79 bits per heavy atom. The highest BCUT2D eigenvalue weighted by Gasteiger charge is 2.55. The molecule has 3 fully saturated rings. The van der Waals surface area contributed by atoms with Gasteiger partial charge in [0.15, 0.2) is 0 Å². The molecule has 1 saturated heterocycles. The number of ketones is 1. The predicted octanol–water partition coefficient (Wildman–Crippen LogP) is 2.19. The number of methoxy groups -OCH3 is 1. The quantitative estimate of drug-likeness (QED) is 0.798. The number of likely N-dealkylation sites (tertiary alicyclic amines) is 1. The molecule has 5 nitrogen and oxygen atoms in total. The molecule has 0 N–H and O–H groups in total. The molecule has 1 aromatic rings. The summed E-state index contributed by atoms with van der Waals surface area (Å²) in [5.41, 5.74) is 0.912. The van der Waals surface area contributed by atoms with Crippen molar-refractivity contribution in [3.8, 4) is 5.75 Å². The first-order valence-corrected chi connectivity index (χ1v) is 8.56. The average Bonchev–Trinajstić information content (AvgIpc) is 2.80.